The number of carboxylic acid groups (broad SMARTS) is 1. The van der Waals surface area contributed by atoms with E-state index in [2.05, 4.69) is 4.98 Å². The molecule has 0 atom stereocenters. The van der Waals surface area contributed by atoms with Gasteiger partial charge in [-0.05, 0) is 31.0 Å². The number of rotatable bonds is 7. The van der Waals surface area contributed by atoms with Gasteiger partial charge >= 0.3 is 5.97 Å². The highest BCUT2D eigenvalue weighted by molar-refractivity contribution is 7.99. The van der Waals surface area contributed by atoms with E-state index < -0.39 is 5.97 Å². The Kier molecular flexibility index (Phi) is 4.85. The van der Waals surface area contributed by atoms with E-state index in [0.717, 1.165) is 16.6 Å². The molecular weight excluding hydrogens is 290 g/mol. The number of aliphatic carboxylic acids is 1. The second-order valence-electron chi connectivity index (χ2n) is 4.79. The summed E-state index contributed by atoms with van der Waals surface area (Å²) in [5.41, 5.74) is 8.04. The highest BCUT2D eigenvalue weighted by Gasteiger charge is 2.13. The van der Waals surface area contributed by atoms with E-state index in [1.807, 2.05) is 29.7 Å². The quantitative estimate of drug-likeness (QED) is 0.760. The second-order valence-corrected chi connectivity index (χ2v) is 5.73. The van der Waals surface area contributed by atoms with Crippen LogP contribution in [-0.4, -0.2) is 32.3 Å². The first-order chi connectivity index (χ1) is 9.97. The lowest BCUT2D eigenvalue weighted by Crippen LogP contribution is -2.12. The van der Waals surface area contributed by atoms with Gasteiger partial charge in [0.1, 0.15) is 0 Å². The third kappa shape index (κ3) is 3.98. The highest BCUT2D eigenvalue weighted by Crippen LogP contribution is 2.25. The SMILES string of the molecule is Cc1ccc2nc(SCC(=O)O)n(CCCC(N)=O)c2c1. The number of carbonyl (C=O) groups excluding carboxylic acids is 1. The molecule has 0 unspecified atom stereocenters. The molecule has 2 aromatic rings. The Balaban J connectivity index is 2.30. The molecule has 0 aliphatic heterocycles. The fourth-order valence-corrected chi connectivity index (χ4v) is 2.84. The predicted molar refractivity (Wildman–Crippen MR) is 81.3 cm³/mol. The van der Waals surface area contributed by atoms with Crippen molar-refractivity contribution in [2.24, 2.45) is 5.73 Å². The van der Waals surface area contributed by atoms with E-state index in [-0.39, 0.29) is 11.7 Å². The molecule has 0 aliphatic carbocycles. The number of carbonyl (C=O) groups is 2. The lowest BCUT2D eigenvalue weighted by Gasteiger charge is -2.07. The third-order valence-electron chi connectivity index (χ3n) is 3.00. The molecule has 7 heteroatoms. The topological polar surface area (TPSA) is 98.2 Å². The van der Waals surface area contributed by atoms with Crippen LogP contribution in [0, 0.1) is 6.92 Å². The molecule has 21 heavy (non-hydrogen) atoms. The molecule has 0 saturated heterocycles. The number of carboxylic acids is 1. The minimum Gasteiger partial charge on any atom is -0.481 e. The molecule has 2 rings (SSSR count). The smallest absolute Gasteiger partial charge is 0.313 e. The van der Waals surface area contributed by atoms with Crippen LogP contribution in [-0.2, 0) is 16.1 Å². The van der Waals surface area contributed by atoms with E-state index in [0.29, 0.717) is 24.5 Å². The number of hydrogen-bond acceptors (Lipinski definition) is 4. The van der Waals surface area contributed by atoms with Crippen LogP contribution in [0.4, 0.5) is 0 Å². The van der Waals surface area contributed by atoms with Gasteiger partial charge in [-0.25, -0.2) is 4.98 Å². The van der Waals surface area contributed by atoms with E-state index in [4.69, 9.17) is 10.8 Å². The van der Waals surface area contributed by atoms with Crippen LogP contribution in [0.3, 0.4) is 0 Å². The van der Waals surface area contributed by atoms with Gasteiger partial charge in [0.25, 0.3) is 0 Å². The number of nitrogens with zero attached hydrogens (tertiary/aromatic N) is 2. The Morgan fingerprint density at radius 1 is 1.43 bits per heavy atom. The van der Waals surface area contributed by atoms with E-state index in [1.165, 1.54) is 11.8 Å². The molecule has 0 fully saturated rings. The maximum absolute atomic E-state index is 10.9. The molecule has 3 N–H and O–H groups in total. The monoisotopic (exact) mass is 307 g/mol. The summed E-state index contributed by atoms with van der Waals surface area (Å²) in [6, 6.07) is 5.90. The largest absolute Gasteiger partial charge is 0.481 e. The van der Waals surface area contributed by atoms with Crippen LogP contribution in [0.2, 0.25) is 0 Å². The molecule has 0 saturated carbocycles. The van der Waals surface area contributed by atoms with Crippen molar-refractivity contribution in [2.75, 3.05) is 5.75 Å². The van der Waals surface area contributed by atoms with E-state index in [1.54, 1.807) is 0 Å². The maximum atomic E-state index is 10.9. The maximum Gasteiger partial charge on any atom is 0.313 e. The molecule has 112 valence electrons. The van der Waals surface area contributed by atoms with Gasteiger partial charge in [0.05, 0.1) is 16.8 Å². The van der Waals surface area contributed by atoms with Crippen LogP contribution < -0.4 is 5.73 Å². The molecule has 0 spiro atoms. The number of thioether (sulfide) groups is 1. The van der Waals surface area contributed by atoms with Crippen molar-refractivity contribution in [2.45, 2.75) is 31.5 Å². The van der Waals surface area contributed by atoms with Gasteiger partial charge in [0.2, 0.25) is 5.91 Å². The van der Waals surface area contributed by atoms with Crippen molar-refractivity contribution in [3.05, 3.63) is 23.8 Å². The van der Waals surface area contributed by atoms with Crippen LogP contribution in [0.15, 0.2) is 23.4 Å². The Morgan fingerprint density at radius 2 is 2.19 bits per heavy atom. The number of aryl methyl sites for hydroxylation is 2. The van der Waals surface area contributed by atoms with Crippen LogP contribution in [0.5, 0.6) is 0 Å². The first-order valence-corrected chi connectivity index (χ1v) is 7.55. The summed E-state index contributed by atoms with van der Waals surface area (Å²) in [4.78, 5) is 26.1. The lowest BCUT2D eigenvalue weighted by molar-refractivity contribution is -0.133. The highest BCUT2D eigenvalue weighted by atomic mass is 32.2. The van der Waals surface area contributed by atoms with Gasteiger partial charge in [-0.2, -0.15) is 0 Å². The summed E-state index contributed by atoms with van der Waals surface area (Å²) in [5, 5.41) is 9.47. The number of imidazole rings is 1. The Hall–Kier alpha value is -2.02. The standard InChI is InChI=1S/C14H17N3O3S/c1-9-4-5-10-11(7-9)17(6-2-3-12(15)18)14(16-10)21-8-13(19)20/h4-5,7H,2-3,6,8H2,1H3,(H2,15,18)(H,19,20). The molecule has 6 nitrogen and oxygen atoms in total. The molecule has 1 aromatic heterocycles. The van der Waals surface area contributed by atoms with Crippen molar-refractivity contribution < 1.29 is 14.7 Å². The summed E-state index contributed by atoms with van der Waals surface area (Å²) in [5.74, 6) is -1.26. The van der Waals surface area contributed by atoms with Crippen LogP contribution in [0.25, 0.3) is 11.0 Å². The first kappa shape index (κ1) is 15.4. The Bertz CT molecular complexity index is 681. The molecule has 1 heterocycles. The van der Waals surface area contributed by atoms with E-state index >= 15 is 0 Å². The van der Waals surface area contributed by atoms with Gasteiger partial charge in [0, 0.05) is 13.0 Å². The minimum absolute atomic E-state index is 0.0435. The lowest BCUT2D eigenvalue weighted by atomic mass is 10.2. The first-order valence-electron chi connectivity index (χ1n) is 6.57. The zero-order valence-electron chi connectivity index (χ0n) is 11.7. The number of aromatic nitrogens is 2. The fourth-order valence-electron chi connectivity index (χ4n) is 2.07. The van der Waals surface area contributed by atoms with Crippen molar-refractivity contribution in [1.29, 1.82) is 0 Å². The molecule has 1 amide bonds. The van der Waals surface area contributed by atoms with E-state index in [9.17, 15) is 9.59 Å². The fraction of sp³-hybridized carbons (Fsp3) is 0.357. The number of benzene rings is 1. The summed E-state index contributed by atoms with van der Waals surface area (Å²) in [6.45, 7) is 2.58. The van der Waals surface area contributed by atoms with Gasteiger partial charge in [-0.1, -0.05) is 17.8 Å². The molecule has 0 radical (unpaired) electrons. The van der Waals surface area contributed by atoms with Crippen molar-refractivity contribution in [3.8, 4) is 0 Å². The molecular formula is C14H17N3O3S. The average molecular weight is 307 g/mol. The molecule has 1 aromatic carbocycles. The van der Waals surface area contributed by atoms with Crippen molar-refractivity contribution >= 4 is 34.7 Å². The zero-order chi connectivity index (χ0) is 15.4. The predicted octanol–water partition coefficient (Wildman–Crippen LogP) is 1.79. The zero-order valence-corrected chi connectivity index (χ0v) is 12.5. The number of primary amides is 1. The normalized spacial score (nSPS) is 10.9. The van der Waals surface area contributed by atoms with Crippen LogP contribution >= 0.6 is 11.8 Å². The minimum atomic E-state index is -0.882. The number of nitrogens with two attached hydrogens (primary N) is 1. The average Bonchev–Trinajstić information content (AvgIpc) is 2.74. The molecule has 0 aliphatic rings. The third-order valence-corrected chi connectivity index (χ3v) is 3.96. The summed E-state index contributed by atoms with van der Waals surface area (Å²) < 4.78 is 1.96. The van der Waals surface area contributed by atoms with Crippen molar-refractivity contribution in [3.63, 3.8) is 0 Å². The van der Waals surface area contributed by atoms with Gasteiger partial charge in [0.15, 0.2) is 5.16 Å². The van der Waals surface area contributed by atoms with Crippen molar-refractivity contribution in [1.82, 2.24) is 9.55 Å². The Labute approximate surface area is 126 Å². The number of fused-ring (bicyclic) bond motifs is 1. The number of amides is 1. The summed E-state index contributed by atoms with van der Waals surface area (Å²) in [6.07, 6.45) is 0.907. The molecule has 0 bridgehead atoms. The summed E-state index contributed by atoms with van der Waals surface area (Å²) in [7, 11) is 0. The Morgan fingerprint density at radius 3 is 2.86 bits per heavy atom. The van der Waals surface area contributed by atoms with Crippen LogP contribution in [0.1, 0.15) is 18.4 Å². The van der Waals surface area contributed by atoms with Gasteiger partial charge in [-0.3, -0.25) is 9.59 Å². The summed E-state index contributed by atoms with van der Waals surface area (Å²) >= 11 is 1.18. The van der Waals surface area contributed by atoms with Gasteiger partial charge < -0.3 is 15.4 Å². The second kappa shape index (κ2) is 6.62. The van der Waals surface area contributed by atoms with Gasteiger partial charge in [-0.15, -0.1) is 0 Å². The number of hydrogen-bond donors (Lipinski definition) is 2.